The van der Waals surface area contributed by atoms with Gasteiger partial charge >= 0.3 is 17.7 Å². The van der Waals surface area contributed by atoms with E-state index in [4.69, 9.17) is 4.74 Å². The van der Waals surface area contributed by atoms with Gasteiger partial charge in [-0.2, -0.15) is 5.10 Å². The van der Waals surface area contributed by atoms with Crippen LogP contribution in [0, 0.1) is 24.0 Å². The molecular weight excluding hydrogens is 330 g/mol. The molecule has 0 radical (unpaired) electrons. The summed E-state index contributed by atoms with van der Waals surface area (Å²) in [7, 11) is 0. The first-order valence-corrected chi connectivity index (χ1v) is 7.96. The maximum absolute atomic E-state index is 12.3. The van der Waals surface area contributed by atoms with Gasteiger partial charge < -0.3 is 15.4 Å². The van der Waals surface area contributed by atoms with E-state index < -0.39 is 23.0 Å². The molecule has 0 fully saturated rings. The van der Waals surface area contributed by atoms with E-state index in [1.807, 2.05) is 6.92 Å². The Bertz CT molecular complexity index is 752. The van der Waals surface area contributed by atoms with Gasteiger partial charge in [0.15, 0.2) is 0 Å². The van der Waals surface area contributed by atoms with Crippen LogP contribution in [0.4, 0.5) is 10.5 Å². The first kappa shape index (κ1) is 18.4. The predicted octanol–water partition coefficient (Wildman–Crippen LogP) is 1.32. The minimum Gasteiger partial charge on any atom is -0.463 e. The lowest BCUT2D eigenvalue weighted by Gasteiger charge is -2.28. The molecule has 2 N–H and O–H groups in total. The van der Waals surface area contributed by atoms with Gasteiger partial charge in [0.1, 0.15) is 11.4 Å². The van der Waals surface area contributed by atoms with Crippen molar-refractivity contribution in [2.45, 2.75) is 46.7 Å². The summed E-state index contributed by atoms with van der Waals surface area (Å²) in [6, 6.07) is -0.930. The minimum absolute atomic E-state index is 0.0264. The molecule has 1 aliphatic heterocycles. The molecule has 0 saturated carbocycles. The number of carbonyl (C=O) groups is 2. The monoisotopic (exact) mass is 351 g/mol. The van der Waals surface area contributed by atoms with Crippen LogP contribution in [-0.2, 0) is 16.1 Å². The second kappa shape index (κ2) is 7.32. The van der Waals surface area contributed by atoms with Crippen molar-refractivity contribution >= 4 is 17.7 Å². The molecule has 0 spiro atoms. The maximum atomic E-state index is 12.3. The minimum atomic E-state index is -0.534. The number of aryl methyl sites for hydroxylation is 1. The summed E-state index contributed by atoms with van der Waals surface area (Å²) in [6.07, 6.45) is 0.502. The van der Waals surface area contributed by atoms with Gasteiger partial charge in [0, 0.05) is 0 Å². The smallest absolute Gasteiger partial charge is 0.337 e. The molecule has 0 saturated heterocycles. The summed E-state index contributed by atoms with van der Waals surface area (Å²) in [5.74, 6) is -0.534. The Kier molecular flexibility index (Phi) is 5.40. The van der Waals surface area contributed by atoms with Gasteiger partial charge in [-0.3, -0.25) is 14.8 Å². The molecule has 25 heavy (non-hydrogen) atoms. The van der Waals surface area contributed by atoms with Crippen molar-refractivity contribution in [2.24, 2.45) is 0 Å². The number of nitrogens with one attached hydrogen (secondary N) is 2. The molecule has 2 rings (SSSR count). The highest BCUT2D eigenvalue weighted by Gasteiger charge is 2.32. The standard InChI is InChI=1S/C15H21N5O5/c1-5-10-12(14(21)25-6-2)11(17-15(22)16-10)7-19-9(4)13(20(23)24)8(3)18-19/h10H,5-7H2,1-4H3,(H2,16,17,22)/t10-/m1/s1. The van der Waals surface area contributed by atoms with Gasteiger partial charge in [-0.25, -0.2) is 9.59 Å². The van der Waals surface area contributed by atoms with E-state index in [1.165, 1.54) is 11.6 Å². The third-order valence-electron chi connectivity index (χ3n) is 3.98. The zero-order valence-electron chi connectivity index (χ0n) is 14.6. The Morgan fingerprint density at radius 3 is 2.60 bits per heavy atom. The number of ether oxygens (including phenoxy) is 1. The van der Waals surface area contributed by atoms with Crippen molar-refractivity contribution < 1.29 is 19.2 Å². The number of aromatic nitrogens is 2. The number of rotatable bonds is 6. The summed E-state index contributed by atoms with van der Waals surface area (Å²) >= 11 is 0. The second-order valence-corrected chi connectivity index (χ2v) is 5.61. The first-order valence-electron chi connectivity index (χ1n) is 7.96. The van der Waals surface area contributed by atoms with E-state index in [2.05, 4.69) is 15.7 Å². The van der Waals surface area contributed by atoms with Gasteiger partial charge in [0.05, 0.1) is 35.4 Å². The summed E-state index contributed by atoms with van der Waals surface area (Å²) in [5, 5.41) is 20.6. The number of esters is 1. The highest BCUT2D eigenvalue weighted by molar-refractivity contribution is 5.94. The lowest BCUT2D eigenvalue weighted by molar-refractivity contribution is -0.386. The SMILES string of the molecule is CCOC(=O)C1=C(Cn2nc(C)c([N+](=O)[O-])c2C)NC(=O)N[C@@H]1CC. The Morgan fingerprint density at radius 2 is 2.08 bits per heavy atom. The number of hydrogen-bond donors (Lipinski definition) is 2. The molecule has 1 aromatic rings. The molecule has 1 aliphatic rings. The highest BCUT2D eigenvalue weighted by Crippen LogP contribution is 2.24. The molecule has 0 unspecified atom stereocenters. The Morgan fingerprint density at radius 1 is 1.40 bits per heavy atom. The average molecular weight is 351 g/mol. The quantitative estimate of drug-likeness (QED) is 0.452. The van der Waals surface area contributed by atoms with Crippen LogP contribution in [0.5, 0.6) is 0 Å². The van der Waals surface area contributed by atoms with Crippen LogP contribution >= 0.6 is 0 Å². The summed E-state index contributed by atoms with van der Waals surface area (Å²) in [4.78, 5) is 34.9. The number of allylic oxidation sites excluding steroid dienone is 1. The normalized spacial score (nSPS) is 17.1. The van der Waals surface area contributed by atoms with Crippen LogP contribution in [0.15, 0.2) is 11.3 Å². The number of carbonyl (C=O) groups excluding carboxylic acids is 2. The molecule has 10 nitrogen and oxygen atoms in total. The zero-order valence-corrected chi connectivity index (χ0v) is 14.6. The molecule has 2 amide bonds. The van der Waals surface area contributed by atoms with E-state index in [-0.39, 0.29) is 24.5 Å². The van der Waals surface area contributed by atoms with Gasteiger partial charge in [-0.1, -0.05) is 6.92 Å². The molecule has 0 aromatic carbocycles. The topological polar surface area (TPSA) is 128 Å². The number of hydrogen-bond acceptors (Lipinski definition) is 6. The van der Waals surface area contributed by atoms with Crippen molar-refractivity contribution in [3.05, 3.63) is 32.8 Å². The Balaban J connectivity index is 2.48. The number of amides is 2. The van der Waals surface area contributed by atoms with Crippen LogP contribution in [0.2, 0.25) is 0 Å². The number of nitrogens with zero attached hydrogens (tertiary/aromatic N) is 3. The first-order chi connectivity index (χ1) is 11.8. The molecule has 10 heteroatoms. The van der Waals surface area contributed by atoms with Crippen molar-refractivity contribution in [1.82, 2.24) is 20.4 Å². The van der Waals surface area contributed by atoms with Crippen LogP contribution in [0.1, 0.15) is 31.7 Å². The molecule has 2 heterocycles. The molecule has 1 aromatic heterocycles. The largest absolute Gasteiger partial charge is 0.463 e. The molecule has 0 aliphatic carbocycles. The van der Waals surface area contributed by atoms with Crippen molar-refractivity contribution in [3.63, 3.8) is 0 Å². The van der Waals surface area contributed by atoms with Crippen LogP contribution in [0.25, 0.3) is 0 Å². The van der Waals surface area contributed by atoms with Crippen LogP contribution in [0.3, 0.4) is 0 Å². The fourth-order valence-electron chi connectivity index (χ4n) is 2.84. The van der Waals surface area contributed by atoms with Crippen LogP contribution < -0.4 is 10.6 Å². The summed E-state index contributed by atoms with van der Waals surface area (Å²) in [5.41, 5.74) is 1.17. The lowest BCUT2D eigenvalue weighted by atomic mass is 10.00. The molecular formula is C15H21N5O5. The van der Waals surface area contributed by atoms with Gasteiger partial charge in [-0.05, 0) is 27.2 Å². The predicted molar refractivity (Wildman–Crippen MR) is 87.8 cm³/mol. The molecule has 0 bridgehead atoms. The van der Waals surface area contributed by atoms with E-state index in [0.29, 0.717) is 23.4 Å². The van der Waals surface area contributed by atoms with Gasteiger partial charge in [0.2, 0.25) is 0 Å². The number of nitro groups is 1. The van der Waals surface area contributed by atoms with Crippen LogP contribution in [-0.4, -0.2) is 39.4 Å². The van der Waals surface area contributed by atoms with Crippen molar-refractivity contribution in [3.8, 4) is 0 Å². The highest BCUT2D eigenvalue weighted by atomic mass is 16.6. The maximum Gasteiger partial charge on any atom is 0.337 e. The van der Waals surface area contributed by atoms with Gasteiger partial charge in [-0.15, -0.1) is 0 Å². The second-order valence-electron chi connectivity index (χ2n) is 5.61. The fraction of sp³-hybridized carbons (Fsp3) is 0.533. The third-order valence-corrected chi connectivity index (χ3v) is 3.98. The van der Waals surface area contributed by atoms with Crippen molar-refractivity contribution in [2.75, 3.05) is 6.61 Å². The fourth-order valence-corrected chi connectivity index (χ4v) is 2.84. The average Bonchev–Trinajstić information content (AvgIpc) is 2.80. The van der Waals surface area contributed by atoms with E-state index >= 15 is 0 Å². The summed E-state index contributed by atoms with van der Waals surface area (Å²) in [6.45, 7) is 6.87. The van der Waals surface area contributed by atoms with E-state index in [0.717, 1.165) is 0 Å². The Hall–Kier alpha value is -2.91. The molecule has 136 valence electrons. The zero-order chi connectivity index (χ0) is 18.7. The van der Waals surface area contributed by atoms with Crippen molar-refractivity contribution in [1.29, 1.82) is 0 Å². The lowest BCUT2D eigenvalue weighted by Crippen LogP contribution is -2.51. The molecule has 1 atom stereocenters. The summed E-state index contributed by atoms with van der Waals surface area (Å²) < 4.78 is 6.49. The third kappa shape index (κ3) is 3.62. The van der Waals surface area contributed by atoms with E-state index in [1.54, 1.807) is 13.8 Å². The van der Waals surface area contributed by atoms with E-state index in [9.17, 15) is 19.7 Å². The Labute approximate surface area is 144 Å². The number of urea groups is 1. The van der Waals surface area contributed by atoms with Gasteiger partial charge in [0.25, 0.3) is 0 Å².